The molecule has 0 radical (unpaired) electrons. The van der Waals surface area contributed by atoms with E-state index in [2.05, 4.69) is 18.6 Å². The molecule has 1 fully saturated rings. The van der Waals surface area contributed by atoms with Gasteiger partial charge in [-0.05, 0) is 36.5 Å². The van der Waals surface area contributed by atoms with E-state index < -0.39 is 0 Å². The smallest absolute Gasteiger partial charge is 0.302 e. The van der Waals surface area contributed by atoms with Crippen molar-refractivity contribution in [1.82, 2.24) is 0 Å². The second kappa shape index (κ2) is 7.80. The van der Waals surface area contributed by atoms with Crippen molar-refractivity contribution in [2.24, 2.45) is 11.8 Å². The molecule has 1 atom stereocenters. The van der Waals surface area contributed by atoms with Crippen molar-refractivity contribution in [2.75, 3.05) is 7.11 Å². The summed E-state index contributed by atoms with van der Waals surface area (Å²) >= 11 is 5.15. The normalized spacial score (nSPS) is 17.6. The van der Waals surface area contributed by atoms with Crippen molar-refractivity contribution in [3.8, 4) is 0 Å². The van der Waals surface area contributed by atoms with E-state index in [4.69, 9.17) is 12.2 Å². The van der Waals surface area contributed by atoms with E-state index >= 15 is 0 Å². The molecular weight excluding hydrogens is 208 g/mol. The van der Waals surface area contributed by atoms with Gasteiger partial charge in [0.25, 0.3) is 0 Å². The summed E-state index contributed by atoms with van der Waals surface area (Å²) in [4.78, 5) is 10.8. The number of carbonyl (C=O) groups is 1. The van der Waals surface area contributed by atoms with Crippen LogP contribution in [0.3, 0.4) is 0 Å². The summed E-state index contributed by atoms with van der Waals surface area (Å²) in [7, 11) is 1.35. The third-order valence-corrected chi connectivity index (χ3v) is 3.41. The topological polar surface area (TPSA) is 26.3 Å². The third-order valence-electron chi connectivity index (χ3n) is 3.04. The van der Waals surface area contributed by atoms with Crippen molar-refractivity contribution in [2.45, 2.75) is 46.5 Å². The molecule has 2 nitrogen and oxygen atoms in total. The molecule has 0 aromatic carbocycles. The van der Waals surface area contributed by atoms with E-state index in [1.54, 1.807) is 0 Å². The van der Waals surface area contributed by atoms with Gasteiger partial charge in [0, 0.05) is 6.92 Å². The molecule has 0 aliphatic heterocycles. The van der Waals surface area contributed by atoms with Crippen LogP contribution in [0, 0.1) is 11.8 Å². The van der Waals surface area contributed by atoms with Crippen LogP contribution in [-0.4, -0.2) is 17.9 Å². The monoisotopic (exact) mass is 230 g/mol. The zero-order valence-corrected chi connectivity index (χ0v) is 11.0. The first-order valence-electron chi connectivity index (χ1n) is 5.54. The summed E-state index contributed by atoms with van der Waals surface area (Å²) in [5.74, 6) is 1.36. The highest BCUT2D eigenvalue weighted by Gasteiger charge is 2.21. The second-order valence-corrected chi connectivity index (χ2v) is 4.78. The van der Waals surface area contributed by atoms with E-state index in [1.807, 2.05) is 0 Å². The van der Waals surface area contributed by atoms with Crippen molar-refractivity contribution in [3.63, 3.8) is 0 Å². The highest BCUT2D eigenvalue weighted by atomic mass is 32.1. The van der Waals surface area contributed by atoms with Crippen molar-refractivity contribution in [3.05, 3.63) is 0 Å². The minimum Gasteiger partial charge on any atom is -0.469 e. The zero-order chi connectivity index (χ0) is 11.8. The van der Waals surface area contributed by atoms with E-state index in [0.717, 1.165) is 5.92 Å². The summed E-state index contributed by atoms with van der Waals surface area (Å²) in [6.45, 7) is 5.72. The lowest BCUT2D eigenvalue weighted by atomic mass is 9.90. The number of esters is 1. The average molecular weight is 230 g/mol. The van der Waals surface area contributed by atoms with Crippen LogP contribution in [0.15, 0.2) is 0 Å². The van der Waals surface area contributed by atoms with Gasteiger partial charge in [0.2, 0.25) is 0 Å². The highest BCUT2D eigenvalue weighted by molar-refractivity contribution is 7.80. The predicted molar refractivity (Wildman–Crippen MR) is 67.1 cm³/mol. The van der Waals surface area contributed by atoms with Gasteiger partial charge in [0.15, 0.2) is 0 Å². The third kappa shape index (κ3) is 6.61. The molecule has 1 aliphatic carbocycles. The Labute approximate surface area is 98.4 Å². The second-order valence-electron chi connectivity index (χ2n) is 4.14. The molecular formula is C12H22O2S. The first-order valence-corrected chi connectivity index (χ1v) is 5.94. The zero-order valence-electron chi connectivity index (χ0n) is 10.2. The summed E-state index contributed by atoms with van der Waals surface area (Å²) in [5, 5.41) is 0. The Morgan fingerprint density at radius 3 is 2.00 bits per heavy atom. The molecule has 1 rings (SSSR count). The summed E-state index contributed by atoms with van der Waals surface area (Å²) < 4.78 is 4.11. The number of hydrogen-bond donors (Lipinski definition) is 0. The standard InChI is InChI=1S/C9H16S.C3H6O2/c1-7(8(2)10)9-5-3-4-6-9;1-3(4)5-2/h7,9H,3-6H2,1-2H3;1-2H3. The van der Waals surface area contributed by atoms with Crippen LogP contribution < -0.4 is 0 Å². The summed E-state index contributed by atoms with van der Waals surface area (Å²) in [6, 6.07) is 0. The fourth-order valence-corrected chi connectivity index (χ4v) is 1.98. The Morgan fingerprint density at radius 1 is 1.33 bits per heavy atom. The molecule has 1 unspecified atom stereocenters. The SMILES string of the molecule is CC(=S)C(C)C1CCCC1.COC(C)=O. The van der Waals surface area contributed by atoms with Crippen molar-refractivity contribution < 1.29 is 9.53 Å². The number of methoxy groups -OCH3 is 1. The van der Waals surface area contributed by atoms with Crippen LogP contribution in [0.25, 0.3) is 0 Å². The molecule has 0 aromatic heterocycles. The van der Waals surface area contributed by atoms with Crippen LogP contribution in [0.5, 0.6) is 0 Å². The quantitative estimate of drug-likeness (QED) is 0.537. The molecule has 0 heterocycles. The number of rotatable bonds is 2. The minimum absolute atomic E-state index is 0.245. The molecule has 0 bridgehead atoms. The molecule has 0 aromatic rings. The first kappa shape index (κ1) is 14.6. The summed E-state index contributed by atoms with van der Waals surface area (Å²) in [6.07, 6.45) is 5.68. The maximum absolute atomic E-state index is 9.59. The van der Waals surface area contributed by atoms with Crippen LogP contribution in [0.4, 0.5) is 0 Å². The maximum atomic E-state index is 9.59. The van der Waals surface area contributed by atoms with Gasteiger partial charge in [-0.3, -0.25) is 4.79 Å². The van der Waals surface area contributed by atoms with Crippen LogP contribution in [0.2, 0.25) is 0 Å². The Morgan fingerprint density at radius 2 is 1.73 bits per heavy atom. The Balaban J connectivity index is 0.000000336. The van der Waals surface area contributed by atoms with Gasteiger partial charge >= 0.3 is 5.97 Å². The first-order chi connectivity index (χ1) is 6.99. The van der Waals surface area contributed by atoms with Gasteiger partial charge in [-0.25, -0.2) is 0 Å². The number of carbonyl (C=O) groups excluding carboxylic acids is 1. The molecule has 0 amide bonds. The van der Waals surface area contributed by atoms with E-state index in [1.165, 1.54) is 44.6 Å². The molecule has 1 saturated carbocycles. The van der Waals surface area contributed by atoms with E-state index in [-0.39, 0.29) is 5.97 Å². The van der Waals surface area contributed by atoms with Gasteiger partial charge in [0.1, 0.15) is 0 Å². The minimum atomic E-state index is -0.245. The number of thiocarbonyl (C=S) groups is 1. The molecule has 0 N–H and O–H groups in total. The van der Waals surface area contributed by atoms with Gasteiger partial charge in [-0.2, -0.15) is 0 Å². The highest BCUT2D eigenvalue weighted by Crippen LogP contribution is 2.31. The average Bonchev–Trinajstić information content (AvgIpc) is 2.70. The predicted octanol–water partition coefficient (Wildman–Crippen LogP) is 3.38. The van der Waals surface area contributed by atoms with Crippen molar-refractivity contribution in [1.29, 1.82) is 0 Å². The van der Waals surface area contributed by atoms with Gasteiger partial charge in [-0.1, -0.05) is 32.0 Å². The van der Waals surface area contributed by atoms with Crippen LogP contribution in [-0.2, 0) is 9.53 Å². The van der Waals surface area contributed by atoms with Gasteiger partial charge < -0.3 is 4.74 Å². The summed E-state index contributed by atoms with van der Waals surface area (Å²) in [5.41, 5.74) is 0. The van der Waals surface area contributed by atoms with E-state index in [0.29, 0.717) is 5.92 Å². The number of ether oxygens (including phenoxy) is 1. The maximum Gasteiger partial charge on any atom is 0.302 e. The van der Waals surface area contributed by atoms with Crippen LogP contribution >= 0.6 is 12.2 Å². The molecule has 3 heteroatoms. The van der Waals surface area contributed by atoms with Gasteiger partial charge in [0.05, 0.1) is 7.11 Å². The number of hydrogen-bond acceptors (Lipinski definition) is 3. The molecule has 1 aliphatic rings. The Hall–Kier alpha value is -0.440. The lowest BCUT2D eigenvalue weighted by Gasteiger charge is -2.16. The van der Waals surface area contributed by atoms with Crippen LogP contribution in [0.1, 0.15) is 46.5 Å². The lowest BCUT2D eigenvalue weighted by Crippen LogP contribution is -2.13. The molecule has 88 valence electrons. The van der Waals surface area contributed by atoms with Crippen molar-refractivity contribution >= 4 is 23.1 Å². The lowest BCUT2D eigenvalue weighted by molar-refractivity contribution is -0.137. The Bertz CT molecular complexity index is 208. The Kier molecular flexibility index (Phi) is 7.57. The molecule has 15 heavy (non-hydrogen) atoms. The largest absolute Gasteiger partial charge is 0.469 e. The fraction of sp³-hybridized carbons (Fsp3) is 0.833. The fourth-order valence-electron chi connectivity index (χ4n) is 1.79. The molecule has 0 saturated heterocycles. The van der Waals surface area contributed by atoms with E-state index in [9.17, 15) is 4.79 Å². The van der Waals surface area contributed by atoms with Gasteiger partial charge in [-0.15, -0.1) is 0 Å². The molecule has 0 spiro atoms.